The molecule has 1 rings (SSSR count). The lowest BCUT2D eigenvalue weighted by atomic mass is 9.95. The monoisotopic (exact) mass is 244 g/mol. The highest BCUT2D eigenvalue weighted by Gasteiger charge is 2.44. The summed E-state index contributed by atoms with van der Waals surface area (Å²) in [5.41, 5.74) is 0.711. The Hall–Kier alpha value is 0.137. The van der Waals surface area contributed by atoms with Crippen LogP contribution >= 0.6 is 0 Å². The van der Waals surface area contributed by atoms with Crippen molar-refractivity contribution in [3.05, 3.63) is 0 Å². The largest absolute Gasteiger partial charge is 0.357 e. The first-order valence-electron chi connectivity index (χ1n) is 6.55. The summed E-state index contributed by atoms with van der Waals surface area (Å²) in [5, 5.41) is 0. The molecule has 0 radical (unpaired) electrons. The van der Waals surface area contributed by atoms with Crippen molar-refractivity contribution in [1.82, 2.24) is 0 Å². The Kier molecular flexibility index (Phi) is 5.01. The van der Waals surface area contributed by atoms with Gasteiger partial charge in [0.2, 0.25) is 0 Å². The normalized spacial score (nSPS) is 20.8. The average Bonchev–Trinajstić information content (AvgIpc) is 2.25. The van der Waals surface area contributed by atoms with E-state index in [0.717, 1.165) is 5.54 Å². The average molecular weight is 244 g/mol. The molecule has 0 bridgehead atoms. The van der Waals surface area contributed by atoms with Crippen LogP contribution < -0.4 is 0 Å². The Bertz CT molecular complexity index is 200. The number of methoxy groups -OCH3 is 2. The van der Waals surface area contributed by atoms with Crippen LogP contribution in [0.3, 0.4) is 0 Å². The fraction of sp³-hybridized carbons (Fsp3) is 1.00. The molecule has 3 heteroatoms. The first kappa shape index (κ1) is 14.2. The summed E-state index contributed by atoms with van der Waals surface area (Å²) in [4.78, 5) is 0. The molecule has 0 atom stereocenters. The molecule has 1 saturated carbocycles. The molecule has 1 aliphatic rings. The molecule has 16 heavy (non-hydrogen) atoms. The van der Waals surface area contributed by atoms with Gasteiger partial charge in [-0.3, -0.25) is 0 Å². The number of ether oxygens (including phenoxy) is 2. The van der Waals surface area contributed by atoms with Gasteiger partial charge in [-0.25, -0.2) is 0 Å². The summed E-state index contributed by atoms with van der Waals surface area (Å²) in [5.74, 6) is 0. The van der Waals surface area contributed by atoms with E-state index in [9.17, 15) is 0 Å². The van der Waals surface area contributed by atoms with Crippen LogP contribution in [0, 0.1) is 5.41 Å². The molecule has 0 aromatic rings. The predicted octanol–water partition coefficient (Wildman–Crippen LogP) is 2.90. The van der Waals surface area contributed by atoms with Gasteiger partial charge >= 0.3 is 0 Å². The van der Waals surface area contributed by atoms with E-state index in [0.29, 0.717) is 0 Å². The van der Waals surface area contributed by atoms with Crippen molar-refractivity contribution in [3.63, 3.8) is 0 Å². The standard InChI is InChI=1S/C13H28O2Si/c1-12(2,3)13(14-4,15-5)16-11-9-7-6-8-10-11/h11H,6-10,16H2,1-5H3. The van der Waals surface area contributed by atoms with Crippen molar-refractivity contribution in [2.24, 2.45) is 5.41 Å². The highest BCUT2D eigenvalue weighted by atomic mass is 28.2. The Morgan fingerprint density at radius 3 is 1.81 bits per heavy atom. The van der Waals surface area contributed by atoms with E-state index in [4.69, 9.17) is 9.47 Å². The van der Waals surface area contributed by atoms with E-state index >= 15 is 0 Å². The molecule has 1 fully saturated rings. The minimum atomic E-state index is -0.376. The summed E-state index contributed by atoms with van der Waals surface area (Å²) in [6.45, 7) is 6.70. The number of hydrogen-bond donors (Lipinski definition) is 0. The molecule has 0 amide bonds. The van der Waals surface area contributed by atoms with Crippen LogP contribution in [0.5, 0.6) is 0 Å². The lowest BCUT2D eigenvalue weighted by Gasteiger charge is -2.44. The fourth-order valence-electron chi connectivity index (χ4n) is 2.94. The minimum Gasteiger partial charge on any atom is -0.357 e. The second kappa shape index (κ2) is 5.65. The van der Waals surface area contributed by atoms with E-state index < -0.39 is 0 Å². The maximum Gasteiger partial charge on any atom is 0.149 e. The summed E-state index contributed by atoms with van der Waals surface area (Å²) in [6, 6.07) is 0. The SMILES string of the molecule is COC(OC)([SiH2]C1CCCCC1)C(C)(C)C. The van der Waals surface area contributed by atoms with Crippen LogP contribution in [0.25, 0.3) is 0 Å². The maximum atomic E-state index is 5.79. The second-order valence-electron chi connectivity index (χ2n) is 6.12. The van der Waals surface area contributed by atoms with Crippen LogP contribution in [0.2, 0.25) is 5.54 Å². The molecule has 0 heterocycles. The van der Waals surface area contributed by atoms with Crippen LogP contribution in [-0.2, 0) is 9.47 Å². The lowest BCUT2D eigenvalue weighted by molar-refractivity contribution is -0.204. The van der Waals surface area contributed by atoms with Crippen molar-refractivity contribution in [1.29, 1.82) is 0 Å². The summed E-state index contributed by atoms with van der Waals surface area (Å²) < 4.78 is 11.6. The highest BCUT2D eigenvalue weighted by molar-refractivity contribution is 6.41. The van der Waals surface area contributed by atoms with Crippen molar-refractivity contribution in [2.45, 2.75) is 63.8 Å². The molecule has 0 spiro atoms. The first-order chi connectivity index (χ1) is 7.45. The molecule has 1 aliphatic carbocycles. The van der Waals surface area contributed by atoms with Gasteiger partial charge < -0.3 is 9.47 Å². The summed E-state index contributed by atoms with van der Waals surface area (Å²) in [7, 11) is 3.24. The Morgan fingerprint density at radius 1 is 0.938 bits per heavy atom. The molecule has 0 aromatic carbocycles. The fourth-order valence-corrected chi connectivity index (χ4v) is 5.63. The van der Waals surface area contributed by atoms with E-state index in [1.54, 1.807) is 0 Å². The molecule has 0 unspecified atom stereocenters. The van der Waals surface area contributed by atoms with E-state index in [-0.39, 0.29) is 20.3 Å². The minimum absolute atomic E-state index is 0.0835. The van der Waals surface area contributed by atoms with Gasteiger partial charge in [-0.05, 0) is 5.54 Å². The molecule has 96 valence electrons. The van der Waals surface area contributed by atoms with Gasteiger partial charge in [0.1, 0.15) is 5.41 Å². The topological polar surface area (TPSA) is 18.5 Å². The molecular formula is C13H28O2Si. The van der Waals surface area contributed by atoms with E-state index in [1.165, 1.54) is 32.1 Å². The van der Waals surface area contributed by atoms with Gasteiger partial charge in [0.05, 0.1) is 9.52 Å². The Balaban J connectivity index is 2.69. The van der Waals surface area contributed by atoms with Crippen LogP contribution in [0.1, 0.15) is 52.9 Å². The van der Waals surface area contributed by atoms with E-state index in [1.807, 2.05) is 14.2 Å². The summed E-state index contributed by atoms with van der Waals surface area (Å²) >= 11 is 0. The highest BCUT2D eigenvalue weighted by Crippen LogP contribution is 2.39. The molecule has 2 nitrogen and oxygen atoms in total. The van der Waals surface area contributed by atoms with Crippen LogP contribution in [-0.4, -0.2) is 29.1 Å². The van der Waals surface area contributed by atoms with Gasteiger partial charge in [-0.1, -0.05) is 52.9 Å². The van der Waals surface area contributed by atoms with E-state index in [2.05, 4.69) is 20.8 Å². The maximum absolute atomic E-state index is 5.79. The Labute approximate surface area is 103 Å². The smallest absolute Gasteiger partial charge is 0.149 e. The van der Waals surface area contributed by atoms with Crippen LogP contribution in [0.4, 0.5) is 0 Å². The molecular weight excluding hydrogens is 216 g/mol. The first-order valence-corrected chi connectivity index (χ1v) is 8.08. The van der Waals surface area contributed by atoms with Crippen molar-refractivity contribution in [3.8, 4) is 0 Å². The van der Waals surface area contributed by atoms with Gasteiger partial charge in [-0.2, -0.15) is 0 Å². The third-order valence-electron chi connectivity index (χ3n) is 4.08. The zero-order valence-corrected chi connectivity index (χ0v) is 13.1. The molecule has 0 aromatic heterocycles. The summed E-state index contributed by atoms with van der Waals surface area (Å²) in [6.07, 6.45) is 7.04. The zero-order valence-electron chi connectivity index (χ0n) is 11.6. The third kappa shape index (κ3) is 3.08. The number of hydrogen-bond acceptors (Lipinski definition) is 2. The van der Waals surface area contributed by atoms with Gasteiger partial charge in [0.15, 0.2) is 0 Å². The van der Waals surface area contributed by atoms with Crippen molar-refractivity contribution >= 4 is 9.52 Å². The second-order valence-corrected chi connectivity index (χ2v) is 8.61. The molecule has 0 saturated heterocycles. The zero-order chi connectivity index (χ0) is 12.2. The quantitative estimate of drug-likeness (QED) is 0.559. The van der Waals surface area contributed by atoms with Crippen LogP contribution in [0.15, 0.2) is 0 Å². The van der Waals surface area contributed by atoms with Gasteiger partial charge in [0, 0.05) is 19.6 Å². The van der Waals surface area contributed by atoms with Gasteiger partial charge in [-0.15, -0.1) is 0 Å². The van der Waals surface area contributed by atoms with Crippen molar-refractivity contribution in [2.75, 3.05) is 14.2 Å². The van der Waals surface area contributed by atoms with Crippen molar-refractivity contribution < 1.29 is 9.47 Å². The Morgan fingerprint density at radius 2 is 1.44 bits per heavy atom. The number of rotatable bonds is 4. The lowest BCUT2D eigenvalue weighted by Crippen LogP contribution is -2.53. The third-order valence-corrected chi connectivity index (χ3v) is 7.65. The predicted molar refractivity (Wildman–Crippen MR) is 71.6 cm³/mol. The molecule has 0 aliphatic heterocycles. The molecule has 0 N–H and O–H groups in total. The van der Waals surface area contributed by atoms with Gasteiger partial charge in [0.25, 0.3) is 0 Å².